The average molecular weight is 528 g/mol. The smallest absolute Gasteiger partial charge is 0.422 e. The van der Waals surface area contributed by atoms with Crippen LogP contribution in [-0.4, -0.2) is 81.0 Å². The molecule has 5 rings (SSSR count). The van der Waals surface area contributed by atoms with E-state index in [1.54, 1.807) is 23.1 Å². The number of aromatic nitrogens is 4. The highest BCUT2D eigenvalue weighted by atomic mass is 19.4. The Kier molecular flexibility index (Phi) is 5.95. The Morgan fingerprint density at radius 2 is 1.49 bits per heavy atom. The van der Waals surface area contributed by atoms with Crippen molar-refractivity contribution in [3.8, 4) is 5.88 Å². The van der Waals surface area contributed by atoms with Crippen LogP contribution in [0.5, 0.6) is 5.88 Å². The predicted octanol–water partition coefficient (Wildman–Crippen LogP) is 3.16. The second-order valence-corrected chi connectivity index (χ2v) is 8.95. The molecule has 2 atom stereocenters. The van der Waals surface area contributed by atoms with Gasteiger partial charge in [0, 0.05) is 49.8 Å². The van der Waals surface area contributed by atoms with E-state index in [0.29, 0.717) is 35.8 Å². The molecule has 2 aliphatic heterocycles. The van der Waals surface area contributed by atoms with Crippen LogP contribution in [0.4, 0.5) is 26.3 Å². The number of likely N-dealkylation sites (tertiary alicyclic amines) is 2. The van der Waals surface area contributed by atoms with E-state index in [2.05, 4.69) is 25.1 Å². The number of nitrogens with one attached hydrogen (secondary N) is 1. The number of hydrogen-bond acceptors (Lipinski definition) is 6. The number of aromatic amines is 1. The Hall–Kier alpha value is -3.91. The number of alkyl halides is 6. The molecule has 0 unspecified atom stereocenters. The maximum atomic E-state index is 13.4. The summed E-state index contributed by atoms with van der Waals surface area (Å²) in [6.45, 7) is -0.805. The first-order chi connectivity index (χ1) is 17.4. The van der Waals surface area contributed by atoms with Gasteiger partial charge in [0.05, 0.1) is 5.56 Å². The highest BCUT2D eigenvalue weighted by Crippen LogP contribution is 2.37. The fraction of sp³-hybridized carbons (Fsp3) is 0.409. The number of carbonyl (C=O) groups is 2. The van der Waals surface area contributed by atoms with Crippen LogP contribution in [-0.2, 0) is 6.18 Å². The molecule has 2 aromatic heterocycles. The van der Waals surface area contributed by atoms with Crippen molar-refractivity contribution in [2.75, 3.05) is 32.8 Å². The molecule has 2 aliphatic rings. The summed E-state index contributed by atoms with van der Waals surface area (Å²) in [5.41, 5.74) is -0.382. The monoisotopic (exact) mass is 528 g/mol. The van der Waals surface area contributed by atoms with Crippen LogP contribution in [0.1, 0.15) is 26.3 Å². The molecule has 0 aliphatic carbocycles. The van der Waals surface area contributed by atoms with Crippen molar-refractivity contribution >= 4 is 22.8 Å². The lowest BCUT2D eigenvalue weighted by Crippen LogP contribution is -2.35. The molecule has 37 heavy (non-hydrogen) atoms. The van der Waals surface area contributed by atoms with Gasteiger partial charge in [0.15, 0.2) is 6.61 Å². The summed E-state index contributed by atoms with van der Waals surface area (Å²) in [6, 6.07) is 5.39. The summed E-state index contributed by atoms with van der Waals surface area (Å²) >= 11 is 0. The van der Waals surface area contributed by atoms with Crippen molar-refractivity contribution in [2.24, 2.45) is 11.8 Å². The maximum Gasteiger partial charge on any atom is 0.422 e. The summed E-state index contributed by atoms with van der Waals surface area (Å²) in [4.78, 5) is 32.2. The van der Waals surface area contributed by atoms with Gasteiger partial charge in [0.1, 0.15) is 16.6 Å². The van der Waals surface area contributed by atoms with Gasteiger partial charge in [-0.25, -0.2) is 4.98 Å². The van der Waals surface area contributed by atoms with E-state index in [9.17, 15) is 35.9 Å². The number of H-pyrrole nitrogens is 1. The molecule has 1 N–H and O–H groups in total. The molecule has 0 radical (unpaired) electrons. The third-order valence-electron chi connectivity index (χ3n) is 6.40. The molecule has 2 saturated heterocycles. The lowest BCUT2D eigenvalue weighted by molar-refractivity contribution is -0.159. The van der Waals surface area contributed by atoms with Gasteiger partial charge in [-0.15, -0.1) is 0 Å². The zero-order chi connectivity index (χ0) is 26.5. The van der Waals surface area contributed by atoms with Crippen LogP contribution in [0.3, 0.4) is 0 Å². The number of hydrogen-bond donors (Lipinski definition) is 1. The SMILES string of the molecule is O=C(c1cnc(OCC(F)(F)F)c(C(F)(F)F)c1)N1C[C@H]2CN(C(=O)c3ccc4n[nH]nc4c3)C[C@@H]2C1. The van der Waals surface area contributed by atoms with E-state index in [1.165, 1.54) is 4.90 Å². The predicted molar refractivity (Wildman–Crippen MR) is 113 cm³/mol. The number of fused-ring (bicyclic) bond motifs is 2. The molecule has 3 aromatic rings. The fourth-order valence-corrected chi connectivity index (χ4v) is 4.70. The molecule has 2 fully saturated rings. The lowest BCUT2D eigenvalue weighted by Gasteiger charge is -2.22. The van der Waals surface area contributed by atoms with Crippen LogP contribution in [0.15, 0.2) is 30.5 Å². The zero-order valence-corrected chi connectivity index (χ0v) is 18.8. The highest BCUT2D eigenvalue weighted by Gasteiger charge is 2.44. The number of carbonyl (C=O) groups excluding carboxylic acids is 2. The van der Waals surface area contributed by atoms with Gasteiger partial charge in [0.25, 0.3) is 11.8 Å². The number of nitrogens with zero attached hydrogens (tertiary/aromatic N) is 5. The molecule has 2 amide bonds. The van der Waals surface area contributed by atoms with Crippen molar-refractivity contribution in [2.45, 2.75) is 12.4 Å². The molecule has 1 aromatic carbocycles. The van der Waals surface area contributed by atoms with Gasteiger partial charge >= 0.3 is 12.4 Å². The molecular formula is C22H18F6N6O3. The summed E-state index contributed by atoms with van der Waals surface area (Å²) in [6.07, 6.45) is -9.17. The zero-order valence-electron chi connectivity index (χ0n) is 18.8. The standard InChI is InChI=1S/C22H18F6N6O3/c23-21(24,25)10-37-18-15(22(26,27)28)3-12(5-29-18)20(36)34-8-13-6-33(7-14(13)9-34)19(35)11-1-2-16-17(4-11)31-32-30-16/h1-5,13-14H,6-10H2,(H,30,31,32)/t13-,14-/m1/s1. The van der Waals surface area contributed by atoms with Gasteiger partial charge in [-0.2, -0.15) is 41.8 Å². The number of ether oxygens (including phenoxy) is 1. The number of halogens is 6. The molecule has 9 nitrogen and oxygen atoms in total. The van der Waals surface area contributed by atoms with Gasteiger partial charge in [-0.1, -0.05) is 0 Å². The summed E-state index contributed by atoms with van der Waals surface area (Å²) in [7, 11) is 0. The second kappa shape index (κ2) is 8.88. The minimum absolute atomic E-state index is 0.0758. The van der Waals surface area contributed by atoms with E-state index >= 15 is 0 Å². The third-order valence-corrected chi connectivity index (χ3v) is 6.40. The minimum atomic E-state index is -5.08. The van der Waals surface area contributed by atoms with E-state index in [-0.39, 0.29) is 30.8 Å². The van der Waals surface area contributed by atoms with Crippen LogP contribution in [0.2, 0.25) is 0 Å². The van der Waals surface area contributed by atoms with Crippen LogP contribution < -0.4 is 4.74 Å². The lowest BCUT2D eigenvalue weighted by atomic mass is 10.0. The number of benzene rings is 1. The third kappa shape index (κ3) is 5.02. The molecule has 0 saturated carbocycles. The molecule has 0 bridgehead atoms. The maximum absolute atomic E-state index is 13.4. The second-order valence-electron chi connectivity index (χ2n) is 8.95. The number of pyridine rings is 1. The first-order valence-electron chi connectivity index (χ1n) is 11.0. The van der Waals surface area contributed by atoms with Gasteiger partial charge in [-0.3, -0.25) is 9.59 Å². The first-order valence-corrected chi connectivity index (χ1v) is 11.0. The minimum Gasteiger partial charge on any atom is -0.468 e. The van der Waals surface area contributed by atoms with Crippen LogP contribution in [0, 0.1) is 11.8 Å². The first kappa shape index (κ1) is 24.8. The Labute approximate surface area is 204 Å². The summed E-state index contributed by atoms with van der Waals surface area (Å²) in [5.74, 6) is -2.34. The van der Waals surface area contributed by atoms with Crippen molar-refractivity contribution in [1.29, 1.82) is 0 Å². The van der Waals surface area contributed by atoms with E-state index in [4.69, 9.17) is 0 Å². The van der Waals surface area contributed by atoms with Gasteiger partial charge < -0.3 is 14.5 Å². The normalized spacial score (nSPS) is 19.9. The average Bonchev–Trinajstić information content (AvgIpc) is 3.55. The van der Waals surface area contributed by atoms with Gasteiger partial charge in [-0.05, 0) is 24.3 Å². The highest BCUT2D eigenvalue weighted by molar-refractivity contribution is 5.97. The molecule has 0 spiro atoms. The summed E-state index contributed by atoms with van der Waals surface area (Å²) in [5, 5.41) is 10.4. The van der Waals surface area contributed by atoms with Crippen LogP contribution >= 0.6 is 0 Å². The van der Waals surface area contributed by atoms with Crippen molar-refractivity contribution in [3.63, 3.8) is 0 Å². The van der Waals surface area contributed by atoms with Crippen molar-refractivity contribution in [1.82, 2.24) is 30.2 Å². The van der Waals surface area contributed by atoms with Crippen molar-refractivity contribution in [3.05, 3.63) is 47.2 Å². The topological polar surface area (TPSA) is 104 Å². The Bertz CT molecular complexity index is 1340. The van der Waals surface area contributed by atoms with E-state index in [0.717, 1.165) is 6.20 Å². The van der Waals surface area contributed by atoms with Gasteiger partial charge in [0.2, 0.25) is 5.88 Å². The molecular weight excluding hydrogens is 510 g/mol. The largest absolute Gasteiger partial charge is 0.468 e. The number of amides is 2. The Morgan fingerprint density at radius 3 is 2.08 bits per heavy atom. The Morgan fingerprint density at radius 1 is 0.892 bits per heavy atom. The van der Waals surface area contributed by atoms with E-state index < -0.39 is 41.9 Å². The quantitative estimate of drug-likeness (QED) is 0.522. The fourth-order valence-electron chi connectivity index (χ4n) is 4.70. The summed E-state index contributed by atoms with van der Waals surface area (Å²) < 4.78 is 81.7. The molecule has 4 heterocycles. The van der Waals surface area contributed by atoms with Crippen molar-refractivity contribution < 1.29 is 40.7 Å². The Balaban J connectivity index is 1.25. The molecule has 196 valence electrons. The van der Waals surface area contributed by atoms with Crippen LogP contribution in [0.25, 0.3) is 11.0 Å². The van der Waals surface area contributed by atoms with E-state index in [1.807, 2.05) is 0 Å². The molecule has 15 heteroatoms. The number of rotatable bonds is 4.